The minimum atomic E-state index is -0.971. The molecule has 1 amide bonds. The topological polar surface area (TPSA) is 57.6 Å². The Labute approximate surface area is 114 Å². The van der Waals surface area contributed by atoms with Crippen LogP contribution in [-0.2, 0) is 0 Å². The van der Waals surface area contributed by atoms with Gasteiger partial charge in [-0.25, -0.2) is 4.79 Å². The third-order valence-corrected chi connectivity index (χ3v) is 4.80. The summed E-state index contributed by atoms with van der Waals surface area (Å²) in [4.78, 5) is 25.7. The Bertz CT molecular complexity index is 458. The predicted octanol–water partition coefficient (Wildman–Crippen LogP) is 2.41. The Morgan fingerprint density at radius 3 is 2.83 bits per heavy atom. The number of aromatic carboxylic acids is 1. The maximum Gasteiger partial charge on any atom is 0.345 e. The predicted molar refractivity (Wildman–Crippen MR) is 73.7 cm³/mol. The van der Waals surface area contributed by atoms with Crippen molar-refractivity contribution in [3.05, 3.63) is 21.9 Å². The lowest BCUT2D eigenvalue weighted by molar-refractivity contribution is 0.0701. The van der Waals surface area contributed by atoms with Crippen LogP contribution < -0.4 is 0 Å². The van der Waals surface area contributed by atoms with Gasteiger partial charge in [0.05, 0.1) is 4.88 Å². The molecule has 0 saturated carbocycles. The largest absolute Gasteiger partial charge is 0.477 e. The van der Waals surface area contributed by atoms with Crippen molar-refractivity contribution in [3.8, 4) is 0 Å². The molecule has 1 N–H and O–H groups in total. The molecule has 1 saturated heterocycles. The Hall–Kier alpha value is -1.01. The van der Waals surface area contributed by atoms with Crippen LogP contribution in [0.5, 0.6) is 0 Å². The first-order valence-electron chi connectivity index (χ1n) is 5.76. The molecule has 2 heterocycles. The summed E-state index contributed by atoms with van der Waals surface area (Å²) in [5, 5.41) is 8.86. The number of carboxylic acid groups (broad SMARTS) is 1. The molecule has 18 heavy (non-hydrogen) atoms. The lowest BCUT2D eigenvalue weighted by atomic mass is 10.2. The molecular formula is C12H15NO3S2. The molecule has 0 aromatic carbocycles. The van der Waals surface area contributed by atoms with Gasteiger partial charge in [0.1, 0.15) is 4.88 Å². The average Bonchev–Trinajstić information content (AvgIpc) is 2.97. The fourth-order valence-electron chi connectivity index (χ4n) is 2.18. The summed E-state index contributed by atoms with van der Waals surface area (Å²) in [6.45, 7) is 0.782. The van der Waals surface area contributed by atoms with Crippen molar-refractivity contribution < 1.29 is 14.7 Å². The number of nitrogens with zero attached hydrogens (tertiary/aromatic N) is 1. The van der Waals surface area contributed by atoms with Crippen LogP contribution in [-0.4, -0.2) is 46.5 Å². The molecular weight excluding hydrogens is 270 g/mol. The highest BCUT2D eigenvalue weighted by molar-refractivity contribution is 7.98. The molecule has 0 radical (unpaired) electrons. The van der Waals surface area contributed by atoms with E-state index in [4.69, 9.17) is 5.11 Å². The third kappa shape index (κ3) is 2.70. The molecule has 1 aromatic rings. The Kier molecular flexibility index (Phi) is 4.29. The summed E-state index contributed by atoms with van der Waals surface area (Å²) in [7, 11) is 0. The molecule has 1 aliphatic rings. The summed E-state index contributed by atoms with van der Waals surface area (Å²) in [6.07, 6.45) is 4.12. The molecule has 98 valence electrons. The summed E-state index contributed by atoms with van der Waals surface area (Å²) in [5.41, 5.74) is 0. The quantitative estimate of drug-likeness (QED) is 0.923. The highest BCUT2D eigenvalue weighted by atomic mass is 32.2. The Morgan fingerprint density at radius 2 is 2.22 bits per heavy atom. The Morgan fingerprint density at radius 1 is 1.50 bits per heavy atom. The van der Waals surface area contributed by atoms with Gasteiger partial charge in [0.2, 0.25) is 0 Å². The lowest BCUT2D eigenvalue weighted by Crippen LogP contribution is -2.36. The Balaban J connectivity index is 2.12. The molecule has 1 atom stereocenters. The molecule has 4 nitrogen and oxygen atoms in total. The molecule has 0 aliphatic carbocycles. The van der Waals surface area contributed by atoms with Crippen molar-refractivity contribution >= 4 is 35.0 Å². The van der Waals surface area contributed by atoms with E-state index in [1.165, 1.54) is 6.07 Å². The number of likely N-dealkylation sites (tertiary alicyclic amines) is 1. The molecule has 0 spiro atoms. The zero-order valence-electron chi connectivity index (χ0n) is 10.1. The number of hydrogen-bond acceptors (Lipinski definition) is 4. The van der Waals surface area contributed by atoms with Gasteiger partial charge in [-0.3, -0.25) is 4.79 Å². The molecule has 1 aliphatic heterocycles. The number of thiophene rings is 1. The van der Waals surface area contributed by atoms with Crippen LogP contribution in [0.15, 0.2) is 12.1 Å². The second-order valence-electron chi connectivity index (χ2n) is 4.22. The summed E-state index contributed by atoms with van der Waals surface area (Å²) < 4.78 is 0. The fraction of sp³-hybridized carbons (Fsp3) is 0.500. The van der Waals surface area contributed by atoms with Gasteiger partial charge < -0.3 is 10.0 Å². The van der Waals surface area contributed by atoms with Gasteiger partial charge in [0, 0.05) is 18.3 Å². The van der Waals surface area contributed by atoms with E-state index in [0.717, 1.165) is 36.5 Å². The van der Waals surface area contributed by atoms with Crippen molar-refractivity contribution in [1.82, 2.24) is 4.90 Å². The highest BCUT2D eigenvalue weighted by Crippen LogP contribution is 2.25. The van der Waals surface area contributed by atoms with E-state index in [2.05, 4.69) is 0 Å². The van der Waals surface area contributed by atoms with Crippen molar-refractivity contribution in [2.24, 2.45) is 0 Å². The first-order valence-corrected chi connectivity index (χ1v) is 7.97. The van der Waals surface area contributed by atoms with E-state index in [-0.39, 0.29) is 10.8 Å². The maximum absolute atomic E-state index is 12.3. The molecule has 0 bridgehead atoms. The monoisotopic (exact) mass is 285 g/mol. The van der Waals surface area contributed by atoms with E-state index < -0.39 is 5.97 Å². The van der Waals surface area contributed by atoms with Crippen molar-refractivity contribution in [1.29, 1.82) is 0 Å². The number of carboxylic acids is 1. The van der Waals surface area contributed by atoms with Crippen molar-refractivity contribution in [2.45, 2.75) is 18.9 Å². The number of rotatable bonds is 4. The fourth-order valence-corrected chi connectivity index (χ4v) is 3.71. The normalized spacial score (nSPS) is 19.2. The first-order chi connectivity index (χ1) is 8.63. The second-order valence-corrected chi connectivity index (χ2v) is 6.21. The minimum Gasteiger partial charge on any atom is -0.477 e. The van der Waals surface area contributed by atoms with Gasteiger partial charge in [0.25, 0.3) is 5.91 Å². The van der Waals surface area contributed by atoms with E-state index in [1.54, 1.807) is 17.8 Å². The highest BCUT2D eigenvalue weighted by Gasteiger charge is 2.29. The first kappa shape index (κ1) is 13.4. The van der Waals surface area contributed by atoms with E-state index in [9.17, 15) is 9.59 Å². The minimum absolute atomic E-state index is 0.0240. The lowest BCUT2D eigenvalue weighted by Gasteiger charge is -2.23. The van der Waals surface area contributed by atoms with Gasteiger partial charge in [-0.15, -0.1) is 11.3 Å². The number of hydrogen-bond donors (Lipinski definition) is 1. The van der Waals surface area contributed by atoms with Gasteiger partial charge in [-0.1, -0.05) is 0 Å². The molecule has 1 aromatic heterocycles. The van der Waals surface area contributed by atoms with Crippen molar-refractivity contribution in [3.63, 3.8) is 0 Å². The second kappa shape index (κ2) is 5.75. The molecule has 1 fully saturated rings. The zero-order chi connectivity index (χ0) is 13.1. The molecule has 6 heteroatoms. The van der Waals surface area contributed by atoms with Gasteiger partial charge in [0.15, 0.2) is 0 Å². The molecule has 1 unspecified atom stereocenters. The van der Waals surface area contributed by atoms with Crippen LogP contribution in [0.4, 0.5) is 0 Å². The average molecular weight is 285 g/mol. The van der Waals surface area contributed by atoms with Gasteiger partial charge in [-0.2, -0.15) is 11.8 Å². The van der Waals surface area contributed by atoms with Crippen LogP contribution in [0.25, 0.3) is 0 Å². The summed E-state index contributed by atoms with van der Waals surface area (Å²) >= 11 is 2.80. The van der Waals surface area contributed by atoms with Crippen LogP contribution in [0.1, 0.15) is 32.2 Å². The van der Waals surface area contributed by atoms with Gasteiger partial charge >= 0.3 is 5.97 Å². The number of amides is 1. The number of carbonyl (C=O) groups is 2. The summed E-state index contributed by atoms with van der Waals surface area (Å²) in [6, 6.07) is 3.41. The third-order valence-electron chi connectivity index (χ3n) is 3.02. The van der Waals surface area contributed by atoms with Crippen LogP contribution >= 0.6 is 23.1 Å². The van der Waals surface area contributed by atoms with Crippen LogP contribution in [0.3, 0.4) is 0 Å². The zero-order valence-corrected chi connectivity index (χ0v) is 11.7. The standard InChI is InChI=1S/C12H15NO3S2/c1-17-7-8-3-2-6-13(8)11(14)9-4-5-10(18-9)12(15)16/h4-5,8H,2-3,6-7H2,1H3,(H,15,16). The van der Waals surface area contributed by atoms with Crippen LogP contribution in [0, 0.1) is 0 Å². The van der Waals surface area contributed by atoms with E-state index in [0.29, 0.717) is 10.9 Å². The smallest absolute Gasteiger partial charge is 0.345 e. The maximum atomic E-state index is 12.3. The number of thioether (sulfide) groups is 1. The molecule has 2 rings (SSSR count). The van der Waals surface area contributed by atoms with Crippen LogP contribution in [0.2, 0.25) is 0 Å². The van der Waals surface area contributed by atoms with Crippen molar-refractivity contribution in [2.75, 3.05) is 18.6 Å². The summed E-state index contributed by atoms with van der Waals surface area (Å²) in [5.74, 6) is -0.0479. The van der Waals surface area contributed by atoms with Gasteiger partial charge in [-0.05, 0) is 31.2 Å². The van der Waals surface area contributed by atoms with E-state index in [1.807, 2.05) is 11.2 Å². The number of carbonyl (C=O) groups excluding carboxylic acids is 1. The SMILES string of the molecule is CSCC1CCCN1C(=O)c1ccc(C(=O)O)s1. The van der Waals surface area contributed by atoms with E-state index >= 15 is 0 Å².